The topological polar surface area (TPSA) is 64.9 Å². The van der Waals surface area contributed by atoms with Crippen molar-refractivity contribution in [1.82, 2.24) is 10.1 Å². The monoisotopic (exact) mass is 297 g/mol. The molecule has 0 saturated heterocycles. The Kier molecular flexibility index (Phi) is 4.06. The molecule has 0 saturated carbocycles. The molecule has 0 aliphatic carbocycles. The van der Waals surface area contributed by atoms with E-state index in [1.807, 2.05) is 0 Å². The highest BCUT2D eigenvalue weighted by molar-refractivity contribution is 7.99. The second-order valence-electron chi connectivity index (χ2n) is 5.16. The molecule has 1 aromatic carbocycles. The lowest BCUT2D eigenvalue weighted by Gasteiger charge is -2.15. The molecule has 2 aromatic rings. The number of halogens is 1. The summed E-state index contributed by atoms with van der Waals surface area (Å²) in [5, 5.41) is 4.48. The van der Waals surface area contributed by atoms with Crippen LogP contribution in [0.5, 0.6) is 0 Å². The van der Waals surface area contributed by atoms with Crippen LogP contribution in [0.1, 0.15) is 26.6 Å². The van der Waals surface area contributed by atoms with Crippen molar-refractivity contribution >= 4 is 29.1 Å². The number of nitrogens with zero attached hydrogens (tertiary/aromatic N) is 2. The largest absolute Gasteiger partial charge is 0.399 e. The second kappa shape index (κ2) is 5.43. The lowest BCUT2D eigenvalue weighted by molar-refractivity contribution is 0.425. The molecule has 1 heterocycles. The van der Waals surface area contributed by atoms with E-state index in [0.29, 0.717) is 33.7 Å². The summed E-state index contributed by atoms with van der Waals surface area (Å²) in [7, 11) is 0. The van der Waals surface area contributed by atoms with Crippen LogP contribution in [-0.4, -0.2) is 14.9 Å². The third-order valence-electron chi connectivity index (χ3n) is 2.33. The number of hydrogen-bond acceptors (Lipinski definition) is 5. The average molecular weight is 298 g/mol. The van der Waals surface area contributed by atoms with Crippen molar-refractivity contribution in [2.75, 3.05) is 5.73 Å². The number of anilines is 1. The zero-order valence-corrected chi connectivity index (χ0v) is 12.7. The summed E-state index contributed by atoms with van der Waals surface area (Å²) in [6.45, 7) is 6.44. The van der Waals surface area contributed by atoms with Gasteiger partial charge in [-0.1, -0.05) is 37.5 Å². The highest BCUT2D eigenvalue weighted by Crippen LogP contribution is 2.30. The lowest BCUT2D eigenvalue weighted by atomic mass is 10.2. The highest BCUT2D eigenvalue weighted by atomic mass is 35.5. The van der Waals surface area contributed by atoms with Gasteiger partial charge in [0.1, 0.15) is 0 Å². The fourth-order valence-corrected chi connectivity index (χ4v) is 2.36. The predicted octanol–water partition coefficient (Wildman–Crippen LogP) is 4.00. The van der Waals surface area contributed by atoms with Gasteiger partial charge in [-0.05, 0) is 18.2 Å². The van der Waals surface area contributed by atoms with Gasteiger partial charge in [-0.25, -0.2) is 0 Å². The van der Waals surface area contributed by atoms with Gasteiger partial charge < -0.3 is 10.3 Å². The van der Waals surface area contributed by atoms with E-state index < -0.39 is 0 Å². The Morgan fingerprint density at radius 3 is 2.74 bits per heavy atom. The smallest absolute Gasteiger partial charge is 0.259 e. The minimum atomic E-state index is 0.166. The zero-order valence-electron chi connectivity index (χ0n) is 11.1. The summed E-state index contributed by atoms with van der Waals surface area (Å²) >= 11 is 7.87. The Bertz CT molecular complexity index is 578. The van der Waals surface area contributed by atoms with E-state index in [-0.39, 0.29) is 4.75 Å². The van der Waals surface area contributed by atoms with Crippen molar-refractivity contribution in [3.8, 4) is 11.5 Å². The first-order valence-electron chi connectivity index (χ1n) is 5.87. The Morgan fingerprint density at radius 1 is 1.37 bits per heavy atom. The molecule has 2 rings (SSSR count). The standard InChI is InChI=1S/C13H16ClN3OS/c1-13(2,3)19-7-11-16-12(18-17-11)9-5-4-8(15)6-10(9)14/h4-6H,7,15H2,1-3H3. The molecule has 0 unspecified atom stereocenters. The van der Waals surface area contributed by atoms with Crippen LogP contribution < -0.4 is 5.73 Å². The fourth-order valence-electron chi connectivity index (χ4n) is 1.41. The Balaban J connectivity index is 2.16. The van der Waals surface area contributed by atoms with Gasteiger partial charge in [-0.2, -0.15) is 4.98 Å². The molecule has 19 heavy (non-hydrogen) atoms. The average Bonchev–Trinajstić information content (AvgIpc) is 2.74. The first-order valence-corrected chi connectivity index (χ1v) is 7.23. The van der Waals surface area contributed by atoms with E-state index in [0.717, 1.165) is 0 Å². The summed E-state index contributed by atoms with van der Waals surface area (Å²) in [6, 6.07) is 5.21. The van der Waals surface area contributed by atoms with Gasteiger partial charge in [-0.15, -0.1) is 11.8 Å². The van der Waals surface area contributed by atoms with Crippen molar-refractivity contribution in [2.24, 2.45) is 0 Å². The van der Waals surface area contributed by atoms with Crippen molar-refractivity contribution in [3.05, 3.63) is 29.0 Å². The van der Waals surface area contributed by atoms with Gasteiger partial charge >= 0.3 is 0 Å². The normalized spacial score (nSPS) is 11.8. The number of hydrogen-bond donors (Lipinski definition) is 1. The van der Waals surface area contributed by atoms with E-state index in [9.17, 15) is 0 Å². The van der Waals surface area contributed by atoms with Crippen LogP contribution in [0.2, 0.25) is 5.02 Å². The summed E-state index contributed by atoms with van der Waals surface area (Å²) in [5.74, 6) is 1.80. The van der Waals surface area contributed by atoms with Gasteiger partial charge in [0, 0.05) is 10.4 Å². The summed E-state index contributed by atoms with van der Waals surface area (Å²) in [6.07, 6.45) is 0. The van der Waals surface area contributed by atoms with E-state index in [1.54, 1.807) is 30.0 Å². The quantitative estimate of drug-likeness (QED) is 0.867. The molecule has 0 atom stereocenters. The lowest BCUT2D eigenvalue weighted by Crippen LogP contribution is -2.07. The highest BCUT2D eigenvalue weighted by Gasteiger charge is 2.15. The summed E-state index contributed by atoms with van der Waals surface area (Å²) in [4.78, 5) is 4.35. The van der Waals surface area contributed by atoms with Crippen molar-refractivity contribution in [3.63, 3.8) is 0 Å². The third kappa shape index (κ3) is 3.88. The molecule has 0 bridgehead atoms. The molecule has 0 aliphatic heterocycles. The molecule has 0 radical (unpaired) electrons. The van der Waals surface area contributed by atoms with Crippen LogP contribution in [-0.2, 0) is 5.75 Å². The number of benzene rings is 1. The first-order chi connectivity index (χ1) is 8.85. The van der Waals surface area contributed by atoms with Crippen molar-refractivity contribution < 1.29 is 4.52 Å². The number of thioether (sulfide) groups is 1. The number of rotatable bonds is 3. The SMILES string of the molecule is CC(C)(C)SCc1noc(-c2ccc(N)cc2Cl)n1. The van der Waals surface area contributed by atoms with E-state index >= 15 is 0 Å². The molecule has 6 heteroatoms. The van der Waals surface area contributed by atoms with Crippen molar-refractivity contribution in [2.45, 2.75) is 31.3 Å². The molecule has 102 valence electrons. The van der Waals surface area contributed by atoms with Gasteiger partial charge in [0.15, 0.2) is 5.82 Å². The number of nitrogens with two attached hydrogens (primary N) is 1. The van der Waals surface area contributed by atoms with Crippen LogP contribution >= 0.6 is 23.4 Å². The van der Waals surface area contributed by atoms with Crippen molar-refractivity contribution in [1.29, 1.82) is 0 Å². The van der Waals surface area contributed by atoms with E-state index in [4.69, 9.17) is 21.9 Å². The van der Waals surface area contributed by atoms with Gasteiger partial charge in [0.25, 0.3) is 5.89 Å². The maximum absolute atomic E-state index is 6.11. The molecule has 0 spiro atoms. The summed E-state index contributed by atoms with van der Waals surface area (Å²) in [5.41, 5.74) is 6.96. The molecular weight excluding hydrogens is 282 g/mol. The maximum atomic E-state index is 6.11. The minimum absolute atomic E-state index is 0.166. The predicted molar refractivity (Wildman–Crippen MR) is 80.2 cm³/mol. The van der Waals surface area contributed by atoms with Gasteiger partial charge in [-0.3, -0.25) is 0 Å². The minimum Gasteiger partial charge on any atom is -0.399 e. The van der Waals surface area contributed by atoms with Crippen LogP contribution in [0.3, 0.4) is 0 Å². The second-order valence-corrected chi connectivity index (χ2v) is 7.37. The van der Waals surface area contributed by atoms with E-state index in [2.05, 4.69) is 30.9 Å². The van der Waals surface area contributed by atoms with Gasteiger partial charge in [0.2, 0.25) is 0 Å². The fraction of sp³-hybridized carbons (Fsp3) is 0.385. The molecule has 0 aliphatic rings. The molecular formula is C13H16ClN3OS. The molecule has 4 nitrogen and oxygen atoms in total. The first kappa shape index (κ1) is 14.2. The Labute approximate surface area is 121 Å². The van der Waals surface area contributed by atoms with Gasteiger partial charge in [0.05, 0.1) is 16.3 Å². The van der Waals surface area contributed by atoms with E-state index in [1.165, 1.54) is 0 Å². The zero-order chi connectivity index (χ0) is 14.0. The molecule has 0 amide bonds. The maximum Gasteiger partial charge on any atom is 0.259 e. The number of aromatic nitrogens is 2. The Morgan fingerprint density at radius 2 is 2.11 bits per heavy atom. The van der Waals surface area contributed by atoms with Crippen LogP contribution in [0.25, 0.3) is 11.5 Å². The van der Waals surface area contributed by atoms with Crippen LogP contribution in [0.4, 0.5) is 5.69 Å². The number of nitrogen functional groups attached to an aromatic ring is 1. The molecule has 1 aromatic heterocycles. The summed E-state index contributed by atoms with van der Waals surface area (Å²) < 4.78 is 5.40. The molecule has 2 N–H and O–H groups in total. The molecule has 0 fully saturated rings. The Hall–Kier alpha value is -1.20. The van der Waals surface area contributed by atoms with Crippen LogP contribution in [0.15, 0.2) is 22.7 Å². The third-order valence-corrected chi connectivity index (χ3v) is 3.91. The van der Waals surface area contributed by atoms with Crippen LogP contribution in [0, 0.1) is 0 Å².